The molecule has 194 valence electrons. The van der Waals surface area contributed by atoms with Crippen LogP contribution in [0.25, 0.3) is 22.0 Å². The Morgan fingerprint density at radius 2 is 1.87 bits per heavy atom. The van der Waals surface area contributed by atoms with Gasteiger partial charge >= 0.3 is 74.9 Å². The first kappa shape index (κ1) is 31.0. The minimum Gasteiger partial charge on any atom is -0.491 e. The predicted molar refractivity (Wildman–Crippen MR) is 151 cm³/mol. The molecule has 0 aliphatic carbocycles. The fourth-order valence-electron chi connectivity index (χ4n) is 5.00. The molecule has 0 radical (unpaired) electrons. The number of carboxylic acid groups (broad SMARTS) is 1. The van der Waals surface area contributed by atoms with Crippen molar-refractivity contribution in [2.45, 2.75) is 52.1 Å². The number of hydrogen-bond donors (Lipinski definition) is 2. The molecule has 1 aromatic heterocycles. The van der Waals surface area contributed by atoms with Gasteiger partial charge in [-0.2, -0.15) is 0 Å². The maximum Gasteiger partial charge on any atom is 1.00 e. The summed E-state index contributed by atoms with van der Waals surface area (Å²) >= 11 is 0. The van der Waals surface area contributed by atoms with Crippen molar-refractivity contribution in [1.82, 2.24) is 4.57 Å². The molecule has 1 unspecified atom stereocenters. The van der Waals surface area contributed by atoms with Gasteiger partial charge in [0.25, 0.3) is 0 Å². The van der Waals surface area contributed by atoms with Crippen molar-refractivity contribution in [3.63, 3.8) is 0 Å². The van der Waals surface area contributed by atoms with Gasteiger partial charge in [0.05, 0.1) is 17.1 Å². The van der Waals surface area contributed by atoms with E-state index in [1.165, 1.54) is 16.7 Å². The fourth-order valence-corrected chi connectivity index (χ4v) is 5.00. The van der Waals surface area contributed by atoms with Gasteiger partial charge in [-0.1, -0.05) is 64.1 Å². The standard InChI is InChI=1S/C31H34N2O3.CH3.Cs/c1-19(2)31(3,4)24-15-20(10-12-33-13-11-21-6-5-7-25(29(21)33)30(34)35)14-23(16-24)22-8-9-28-26(17-22)27(32)18-36-28;;/h5-9,11,13-17,19,27H,10,12,18,32H2,1-4H3,(H,34,35);1H3;/q;-1;+1. The SMILES string of the molecule is CC(C)C(C)(C)c1cc(CCn2ccc3cccc(C(=O)O)c32)cc(-c2ccc3c(c2)C(N)CO3)c1.[CH3-].[Cs+]. The zero-order chi connectivity index (χ0) is 25.6. The van der Waals surface area contributed by atoms with E-state index in [0.717, 1.165) is 34.2 Å². The maximum absolute atomic E-state index is 11.8. The topological polar surface area (TPSA) is 77.5 Å². The van der Waals surface area contributed by atoms with Gasteiger partial charge in [-0.15, -0.1) is 0 Å². The summed E-state index contributed by atoms with van der Waals surface area (Å²) in [5.74, 6) is 0.440. The van der Waals surface area contributed by atoms with Gasteiger partial charge < -0.3 is 27.6 Å². The van der Waals surface area contributed by atoms with E-state index in [0.29, 0.717) is 24.6 Å². The second-order valence-corrected chi connectivity index (χ2v) is 10.8. The second-order valence-electron chi connectivity index (χ2n) is 10.8. The van der Waals surface area contributed by atoms with Crippen LogP contribution in [0.5, 0.6) is 5.75 Å². The minimum absolute atomic E-state index is 0. The summed E-state index contributed by atoms with van der Waals surface area (Å²) in [6.07, 6.45) is 2.78. The van der Waals surface area contributed by atoms with Crippen LogP contribution < -0.4 is 79.4 Å². The number of rotatable bonds is 7. The number of nitrogens with zero attached hydrogens (tertiary/aromatic N) is 1. The van der Waals surface area contributed by atoms with Crippen LogP contribution in [0, 0.1) is 13.3 Å². The van der Waals surface area contributed by atoms with Crippen LogP contribution in [-0.4, -0.2) is 22.2 Å². The van der Waals surface area contributed by atoms with E-state index in [2.05, 4.69) is 62.6 Å². The number of nitrogens with two attached hydrogens (primary N) is 1. The van der Waals surface area contributed by atoms with Crippen molar-refractivity contribution in [2.24, 2.45) is 11.7 Å². The largest absolute Gasteiger partial charge is 1.00 e. The van der Waals surface area contributed by atoms with E-state index in [1.54, 1.807) is 12.1 Å². The number of aromatic carboxylic acids is 1. The Kier molecular flexibility index (Phi) is 10.1. The molecule has 3 aromatic carbocycles. The van der Waals surface area contributed by atoms with Crippen LogP contribution in [-0.2, 0) is 18.4 Å². The summed E-state index contributed by atoms with van der Waals surface area (Å²) < 4.78 is 7.77. The molecule has 3 N–H and O–H groups in total. The van der Waals surface area contributed by atoms with Crippen molar-refractivity contribution in [3.8, 4) is 16.9 Å². The van der Waals surface area contributed by atoms with E-state index >= 15 is 0 Å². The van der Waals surface area contributed by atoms with Gasteiger partial charge in [-0.25, -0.2) is 4.79 Å². The molecule has 6 heteroatoms. The average molecular weight is 631 g/mol. The van der Waals surface area contributed by atoms with Crippen LogP contribution in [0.15, 0.2) is 66.9 Å². The molecular formula is C32H37CsN2O3. The van der Waals surface area contributed by atoms with Crippen LogP contribution in [0.4, 0.5) is 0 Å². The zero-order valence-corrected chi connectivity index (χ0v) is 29.7. The first-order valence-corrected chi connectivity index (χ1v) is 12.6. The monoisotopic (exact) mass is 630 g/mol. The number of aryl methyl sites for hydroxylation is 2. The predicted octanol–water partition coefficient (Wildman–Crippen LogP) is 4.03. The Balaban J connectivity index is 0.00000200. The Bertz CT molecular complexity index is 1450. The molecule has 38 heavy (non-hydrogen) atoms. The third-order valence-corrected chi connectivity index (χ3v) is 8.00. The first-order valence-electron chi connectivity index (χ1n) is 12.6. The molecule has 5 nitrogen and oxygen atoms in total. The summed E-state index contributed by atoms with van der Waals surface area (Å²) in [6.45, 7) is 10.3. The van der Waals surface area contributed by atoms with Gasteiger partial charge in [0.2, 0.25) is 0 Å². The zero-order valence-electron chi connectivity index (χ0n) is 23.4. The van der Waals surface area contributed by atoms with Crippen LogP contribution >= 0.6 is 0 Å². The molecule has 5 rings (SSSR count). The van der Waals surface area contributed by atoms with E-state index in [-0.39, 0.29) is 87.8 Å². The normalized spacial score (nSPS) is 14.5. The number of para-hydroxylation sites is 1. The van der Waals surface area contributed by atoms with Crippen molar-refractivity contribution in [2.75, 3.05) is 6.61 Å². The molecule has 0 saturated carbocycles. The van der Waals surface area contributed by atoms with Gasteiger partial charge in [0.1, 0.15) is 12.4 Å². The molecular weight excluding hydrogens is 593 g/mol. The smallest absolute Gasteiger partial charge is 0.491 e. The van der Waals surface area contributed by atoms with Gasteiger partial charge in [0.15, 0.2) is 0 Å². The fraction of sp³-hybridized carbons (Fsp3) is 0.312. The number of carboxylic acids is 1. The summed E-state index contributed by atoms with van der Waals surface area (Å²) in [4.78, 5) is 11.8. The Labute approximate surface area is 285 Å². The van der Waals surface area contributed by atoms with Crippen molar-refractivity contribution >= 4 is 16.9 Å². The second kappa shape index (κ2) is 12.3. The van der Waals surface area contributed by atoms with Crippen molar-refractivity contribution in [1.29, 1.82) is 0 Å². The number of hydrogen-bond acceptors (Lipinski definition) is 3. The third-order valence-electron chi connectivity index (χ3n) is 8.00. The Morgan fingerprint density at radius 3 is 2.58 bits per heavy atom. The molecule has 1 aliphatic rings. The first-order chi connectivity index (χ1) is 17.1. The Hall–Kier alpha value is -1.52. The summed E-state index contributed by atoms with van der Waals surface area (Å²) in [6, 6.07) is 20.5. The number of ether oxygens (including phenoxy) is 1. The summed E-state index contributed by atoms with van der Waals surface area (Å²) in [7, 11) is 0. The van der Waals surface area contributed by atoms with Crippen LogP contribution in [0.1, 0.15) is 60.8 Å². The molecule has 0 bridgehead atoms. The minimum atomic E-state index is -0.901. The molecule has 1 atom stereocenters. The molecule has 4 aromatic rings. The number of fused-ring (bicyclic) bond motifs is 2. The van der Waals surface area contributed by atoms with Crippen molar-refractivity contribution < 1.29 is 83.5 Å². The molecule has 0 amide bonds. The average Bonchev–Trinajstić information content (AvgIpc) is 3.45. The Morgan fingerprint density at radius 1 is 1.11 bits per heavy atom. The van der Waals surface area contributed by atoms with E-state index in [9.17, 15) is 9.90 Å². The van der Waals surface area contributed by atoms with Crippen LogP contribution in [0.2, 0.25) is 0 Å². The maximum atomic E-state index is 11.8. The summed E-state index contributed by atoms with van der Waals surface area (Å²) in [5, 5.41) is 10.7. The van der Waals surface area contributed by atoms with Gasteiger partial charge in [-0.05, 0) is 64.3 Å². The molecule has 0 saturated heterocycles. The van der Waals surface area contributed by atoms with E-state index in [4.69, 9.17) is 10.5 Å². The quantitative estimate of drug-likeness (QED) is 0.303. The molecule has 0 spiro atoms. The summed E-state index contributed by atoms with van der Waals surface area (Å²) in [5.41, 5.74) is 13.3. The molecule has 2 heterocycles. The van der Waals surface area contributed by atoms with Crippen LogP contribution in [0.3, 0.4) is 0 Å². The van der Waals surface area contributed by atoms with Gasteiger partial charge in [0, 0.05) is 23.7 Å². The van der Waals surface area contributed by atoms with Gasteiger partial charge in [-0.3, -0.25) is 0 Å². The number of benzene rings is 3. The van der Waals surface area contributed by atoms with E-state index < -0.39 is 5.97 Å². The van der Waals surface area contributed by atoms with E-state index in [1.807, 2.05) is 24.4 Å². The number of carbonyl (C=O) groups is 1. The number of aromatic nitrogens is 1. The molecule has 1 aliphatic heterocycles. The van der Waals surface area contributed by atoms with Crippen molar-refractivity contribution in [3.05, 3.63) is 96.5 Å². The third kappa shape index (κ3) is 5.97. The molecule has 0 fully saturated rings.